The van der Waals surface area contributed by atoms with Gasteiger partial charge < -0.3 is 10.1 Å². The molecule has 4 rings (SSSR count). The highest BCUT2D eigenvalue weighted by Crippen LogP contribution is 2.25. The maximum atomic E-state index is 13.2. The molecule has 0 bridgehead atoms. The van der Waals surface area contributed by atoms with Crippen LogP contribution >= 0.6 is 11.6 Å². The number of halogens is 1. The summed E-state index contributed by atoms with van der Waals surface area (Å²) in [4.78, 5) is 30.4. The fraction of sp³-hybridized carbons (Fsp3) is 0.0400. The second kappa shape index (κ2) is 9.39. The molecule has 8 heteroatoms. The number of nitrogens with zero attached hydrogens (tertiary/aromatic N) is 3. The molecule has 0 aliphatic rings. The van der Waals surface area contributed by atoms with Gasteiger partial charge in [0.1, 0.15) is 28.6 Å². The Balaban J connectivity index is 1.81. The van der Waals surface area contributed by atoms with Crippen LogP contribution in [0.4, 0.5) is 5.69 Å². The summed E-state index contributed by atoms with van der Waals surface area (Å²) in [5, 5.41) is 12.5. The zero-order valence-corrected chi connectivity index (χ0v) is 18.2. The molecule has 2 aromatic carbocycles. The molecule has 162 valence electrons. The molecule has 0 spiro atoms. The number of aromatic nitrogens is 2. The number of amides is 1. The number of rotatable bonds is 5. The summed E-state index contributed by atoms with van der Waals surface area (Å²) in [5.41, 5.74) is 0.914. The number of para-hydroxylation sites is 1. The van der Waals surface area contributed by atoms with Gasteiger partial charge >= 0.3 is 0 Å². The number of aryl methyl sites for hydroxylation is 1. The molecule has 0 radical (unpaired) electrons. The van der Waals surface area contributed by atoms with Crippen molar-refractivity contribution in [3.63, 3.8) is 0 Å². The summed E-state index contributed by atoms with van der Waals surface area (Å²) in [6.07, 6.45) is 2.72. The minimum absolute atomic E-state index is 0.0200. The van der Waals surface area contributed by atoms with Crippen LogP contribution in [0, 0.1) is 18.3 Å². The zero-order chi connectivity index (χ0) is 23.4. The summed E-state index contributed by atoms with van der Waals surface area (Å²) < 4.78 is 7.20. The molecule has 0 atom stereocenters. The lowest BCUT2D eigenvalue weighted by atomic mass is 10.1. The van der Waals surface area contributed by atoms with Crippen molar-refractivity contribution in [2.24, 2.45) is 0 Å². The lowest BCUT2D eigenvalue weighted by Crippen LogP contribution is -2.20. The van der Waals surface area contributed by atoms with E-state index in [1.54, 1.807) is 60.8 Å². The summed E-state index contributed by atoms with van der Waals surface area (Å²) in [7, 11) is 0. The summed E-state index contributed by atoms with van der Waals surface area (Å²) in [6, 6.07) is 20.8. The quantitative estimate of drug-likeness (QED) is 0.337. The van der Waals surface area contributed by atoms with Crippen LogP contribution in [0.15, 0.2) is 83.3 Å². The number of pyridine rings is 1. The minimum atomic E-state index is -0.718. The first-order valence-electron chi connectivity index (χ1n) is 9.90. The highest BCUT2D eigenvalue weighted by Gasteiger charge is 2.18. The molecule has 0 saturated carbocycles. The largest absolute Gasteiger partial charge is 0.438 e. The Morgan fingerprint density at radius 3 is 2.58 bits per heavy atom. The van der Waals surface area contributed by atoms with Crippen LogP contribution < -0.4 is 15.6 Å². The molecule has 33 heavy (non-hydrogen) atoms. The third kappa shape index (κ3) is 4.76. The van der Waals surface area contributed by atoms with Gasteiger partial charge in [-0.2, -0.15) is 10.2 Å². The van der Waals surface area contributed by atoms with Crippen LogP contribution in [0.5, 0.6) is 11.6 Å². The maximum Gasteiger partial charge on any atom is 0.269 e. The molecule has 0 saturated heterocycles. The number of ether oxygens (including phenoxy) is 1. The fourth-order valence-electron chi connectivity index (χ4n) is 3.05. The van der Waals surface area contributed by atoms with Crippen molar-refractivity contribution in [3.8, 4) is 17.7 Å². The van der Waals surface area contributed by atoms with Gasteiger partial charge in [-0.05, 0) is 49.4 Å². The van der Waals surface area contributed by atoms with Crippen molar-refractivity contribution < 1.29 is 9.53 Å². The van der Waals surface area contributed by atoms with E-state index in [-0.39, 0.29) is 17.0 Å². The van der Waals surface area contributed by atoms with Gasteiger partial charge in [0.05, 0.1) is 10.7 Å². The Morgan fingerprint density at radius 1 is 1.12 bits per heavy atom. The van der Waals surface area contributed by atoms with Gasteiger partial charge in [0.15, 0.2) is 0 Å². The van der Waals surface area contributed by atoms with Gasteiger partial charge in [0, 0.05) is 6.20 Å². The van der Waals surface area contributed by atoms with E-state index in [9.17, 15) is 14.9 Å². The predicted molar refractivity (Wildman–Crippen MR) is 126 cm³/mol. The normalized spacial score (nSPS) is 11.1. The fourth-order valence-corrected chi connectivity index (χ4v) is 3.23. The molecule has 0 aliphatic carbocycles. The molecule has 0 unspecified atom stereocenters. The Hall–Kier alpha value is -4.41. The number of nitriles is 1. The van der Waals surface area contributed by atoms with Crippen molar-refractivity contribution in [2.45, 2.75) is 6.92 Å². The first kappa shape index (κ1) is 21.8. The van der Waals surface area contributed by atoms with Gasteiger partial charge in [-0.15, -0.1) is 0 Å². The van der Waals surface area contributed by atoms with Crippen LogP contribution in [0.1, 0.15) is 11.1 Å². The summed E-state index contributed by atoms with van der Waals surface area (Å²) in [5.74, 6) is -0.278. The van der Waals surface area contributed by atoms with Gasteiger partial charge in [0.2, 0.25) is 5.88 Å². The van der Waals surface area contributed by atoms with Crippen LogP contribution in [0.25, 0.3) is 11.7 Å². The number of carbonyl (C=O) groups excluding carboxylic acids is 1. The molecule has 1 amide bonds. The van der Waals surface area contributed by atoms with E-state index >= 15 is 0 Å². The third-order valence-corrected chi connectivity index (χ3v) is 5.07. The first-order valence-corrected chi connectivity index (χ1v) is 10.3. The minimum Gasteiger partial charge on any atom is -0.438 e. The number of anilines is 1. The van der Waals surface area contributed by atoms with Crippen molar-refractivity contribution in [1.82, 2.24) is 9.38 Å². The van der Waals surface area contributed by atoms with E-state index < -0.39 is 11.5 Å². The van der Waals surface area contributed by atoms with Crippen LogP contribution in [-0.2, 0) is 4.79 Å². The number of nitrogens with one attached hydrogen (secondary N) is 1. The van der Waals surface area contributed by atoms with Gasteiger partial charge in [0.25, 0.3) is 11.5 Å². The van der Waals surface area contributed by atoms with E-state index in [2.05, 4.69) is 10.3 Å². The van der Waals surface area contributed by atoms with E-state index in [1.165, 1.54) is 10.5 Å². The molecule has 2 aromatic heterocycles. The highest BCUT2D eigenvalue weighted by atomic mass is 35.5. The zero-order valence-electron chi connectivity index (χ0n) is 17.4. The Bertz CT molecular complexity index is 1480. The average molecular weight is 457 g/mol. The van der Waals surface area contributed by atoms with Crippen molar-refractivity contribution >= 4 is 34.9 Å². The molecule has 1 N–H and O–H groups in total. The maximum absolute atomic E-state index is 13.2. The monoisotopic (exact) mass is 456 g/mol. The van der Waals surface area contributed by atoms with E-state index in [0.29, 0.717) is 22.1 Å². The topological polar surface area (TPSA) is 96.5 Å². The third-order valence-electron chi connectivity index (χ3n) is 4.75. The summed E-state index contributed by atoms with van der Waals surface area (Å²) in [6.45, 7) is 1.94. The molecule has 0 aliphatic heterocycles. The number of benzene rings is 2. The summed E-state index contributed by atoms with van der Waals surface area (Å²) >= 11 is 6.09. The molecular formula is C25H17ClN4O3. The van der Waals surface area contributed by atoms with Crippen molar-refractivity contribution in [2.75, 3.05) is 5.32 Å². The Kier molecular flexibility index (Phi) is 6.20. The number of hydrogen-bond donors (Lipinski definition) is 1. The van der Waals surface area contributed by atoms with E-state index in [0.717, 1.165) is 5.56 Å². The highest BCUT2D eigenvalue weighted by molar-refractivity contribution is 6.34. The Morgan fingerprint density at radius 2 is 1.85 bits per heavy atom. The average Bonchev–Trinajstić information content (AvgIpc) is 2.82. The predicted octanol–water partition coefficient (Wildman–Crippen LogP) is 4.99. The number of hydrogen-bond acceptors (Lipinski definition) is 5. The number of fused-ring (bicyclic) bond motifs is 1. The van der Waals surface area contributed by atoms with Gasteiger partial charge in [-0.25, -0.2) is 0 Å². The van der Waals surface area contributed by atoms with Crippen molar-refractivity contribution in [1.29, 1.82) is 5.26 Å². The van der Waals surface area contributed by atoms with Crippen LogP contribution in [0.3, 0.4) is 0 Å². The lowest BCUT2D eigenvalue weighted by molar-refractivity contribution is -0.112. The smallest absolute Gasteiger partial charge is 0.269 e. The van der Waals surface area contributed by atoms with E-state index in [1.807, 2.05) is 25.1 Å². The van der Waals surface area contributed by atoms with E-state index in [4.69, 9.17) is 16.3 Å². The molecular weight excluding hydrogens is 440 g/mol. The van der Waals surface area contributed by atoms with Crippen LogP contribution in [-0.4, -0.2) is 15.3 Å². The van der Waals surface area contributed by atoms with Crippen LogP contribution in [0.2, 0.25) is 5.02 Å². The molecule has 7 nitrogen and oxygen atoms in total. The first-order chi connectivity index (χ1) is 16.0. The van der Waals surface area contributed by atoms with Gasteiger partial charge in [-0.3, -0.25) is 14.0 Å². The SMILES string of the molecule is Cc1ccc(Oc2nc3ccccn3c(=O)c2/C=C(\C#N)C(=O)Nc2ccccc2Cl)cc1. The lowest BCUT2D eigenvalue weighted by Gasteiger charge is -2.11. The van der Waals surface area contributed by atoms with Gasteiger partial charge in [-0.1, -0.05) is 47.5 Å². The molecule has 2 heterocycles. The molecule has 0 fully saturated rings. The van der Waals surface area contributed by atoms with Crippen molar-refractivity contribution in [3.05, 3.63) is 105 Å². The number of carbonyl (C=O) groups is 1. The molecule has 4 aromatic rings. The standard InChI is InChI=1S/C25H17ClN4O3/c1-16-9-11-18(12-10-16)33-24-19(25(32)30-13-5-4-8-22(30)29-24)14-17(15-27)23(31)28-21-7-3-2-6-20(21)26/h2-14H,1H3,(H,28,31)/b17-14+. The Labute approximate surface area is 194 Å². The second-order valence-electron chi connectivity index (χ2n) is 7.08. The second-order valence-corrected chi connectivity index (χ2v) is 7.49.